The minimum Gasteiger partial charge on any atom is -0.507 e. The third kappa shape index (κ3) is 9.56. The first-order valence-corrected chi connectivity index (χ1v) is 9.35. The molecule has 0 bridgehead atoms. The molecule has 0 amide bonds. The van der Waals surface area contributed by atoms with Crippen LogP contribution in [0.5, 0.6) is 11.5 Å². The van der Waals surface area contributed by atoms with Gasteiger partial charge in [-0.05, 0) is 31.5 Å². The Morgan fingerprint density at radius 2 is 1.54 bits per heavy atom. The highest BCUT2D eigenvalue weighted by atomic mass is 16.5. The van der Waals surface area contributed by atoms with Crippen molar-refractivity contribution in [3.63, 3.8) is 0 Å². The van der Waals surface area contributed by atoms with Crippen LogP contribution in [0.4, 0.5) is 0 Å². The van der Waals surface area contributed by atoms with E-state index < -0.39 is 0 Å². The predicted octanol–water partition coefficient (Wildman–Crippen LogP) is 4.68. The number of rotatable bonds is 14. The van der Waals surface area contributed by atoms with Crippen LogP contribution in [0.2, 0.25) is 0 Å². The van der Waals surface area contributed by atoms with E-state index in [1.54, 1.807) is 19.4 Å². The Balaban J connectivity index is 1.98. The minimum absolute atomic E-state index is 0.213. The van der Waals surface area contributed by atoms with Crippen molar-refractivity contribution < 1.29 is 9.84 Å². The molecule has 0 aliphatic heterocycles. The largest absolute Gasteiger partial charge is 0.507 e. The molecule has 1 aromatic rings. The van der Waals surface area contributed by atoms with Crippen LogP contribution in [0.25, 0.3) is 0 Å². The van der Waals surface area contributed by atoms with Gasteiger partial charge in [-0.2, -0.15) is 0 Å². The van der Waals surface area contributed by atoms with E-state index in [1.807, 2.05) is 12.1 Å². The molecule has 0 spiro atoms. The summed E-state index contributed by atoms with van der Waals surface area (Å²) in [5.41, 5.74) is 6.22. The smallest absolute Gasteiger partial charge is 0.128 e. The second-order valence-electron chi connectivity index (χ2n) is 6.28. The number of nitrogens with two attached hydrogens (primary N) is 1. The predicted molar refractivity (Wildman–Crippen MR) is 102 cm³/mol. The van der Waals surface area contributed by atoms with Gasteiger partial charge in [0.25, 0.3) is 0 Å². The highest BCUT2D eigenvalue weighted by molar-refractivity contribution is 5.83. The van der Waals surface area contributed by atoms with Gasteiger partial charge < -0.3 is 15.6 Å². The number of phenols is 1. The fraction of sp³-hybridized carbons (Fsp3) is 0.650. The summed E-state index contributed by atoms with van der Waals surface area (Å²) in [4.78, 5) is 4.40. The number of phenolic OH excluding ortho intramolecular Hbond substituents is 1. The number of hydrogen-bond donors (Lipinski definition) is 2. The van der Waals surface area contributed by atoms with E-state index in [4.69, 9.17) is 10.5 Å². The van der Waals surface area contributed by atoms with Gasteiger partial charge in [0.15, 0.2) is 0 Å². The molecule has 4 nitrogen and oxygen atoms in total. The van der Waals surface area contributed by atoms with Gasteiger partial charge >= 0.3 is 0 Å². The molecule has 0 aromatic heterocycles. The zero-order chi connectivity index (χ0) is 17.5. The van der Waals surface area contributed by atoms with Crippen LogP contribution >= 0.6 is 0 Å². The van der Waals surface area contributed by atoms with Crippen LogP contribution < -0.4 is 10.5 Å². The number of unbranched alkanes of at least 4 members (excludes halogenated alkanes) is 9. The van der Waals surface area contributed by atoms with Gasteiger partial charge in [-0.15, -0.1) is 0 Å². The van der Waals surface area contributed by atoms with Gasteiger partial charge in [-0.25, -0.2) is 0 Å². The number of aromatic hydroxyl groups is 1. The number of nitrogens with zero attached hydrogens (tertiary/aromatic N) is 1. The molecule has 0 heterocycles. The third-order valence-electron chi connectivity index (χ3n) is 4.21. The van der Waals surface area contributed by atoms with E-state index in [0.29, 0.717) is 5.75 Å². The zero-order valence-electron chi connectivity index (χ0n) is 15.2. The molecule has 3 N–H and O–H groups in total. The van der Waals surface area contributed by atoms with Crippen molar-refractivity contribution >= 4 is 6.21 Å². The maximum absolute atomic E-state index is 9.84. The van der Waals surface area contributed by atoms with Crippen molar-refractivity contribution in [1.29, 1.82) is 0 Å². The Hall–Kier alpha value is -1.55. The van der Waals surface area contributed by atoms with Crippen molar-refractivity contribution in [2.75, 3.05) is 20.2 Å². The molecular formula is C20H34N2O2. The molecule has 0 saturated carbocycles. The summed E-state index contributed by atoms with van der Waals surface area (Å²) < 4.78 is 5.06. The lowest BCUT2D eigenvalue weighted by molar-refractivity contribution is 0.407. The summed E-state index contributed by atoms with van der Waals surface area (Å²) >= 11 is 0. The molecule has 0 aliphatic rings. The number of ether oxygens (including phenoxy) is 1. The van der Waals surface area contributed by atoms with Crippen LogP contribution in [-0.2, 0) is 0 Å². The van der Waals surface area contributed by atoms with E-state index >= 15 is 0 Å². The summed E-state index contributed by atoms with van der Waals surface area (Å²) in [6, 6.07) is 5.26. The van der Waals surface area contributed by atoms with Crippen molar-refractivity contribution in [2.45, 2.75) is 64.2 Å². The van der Waals surface area contributed by atoms with E-state index in [2.05, 4.69) is 4.99 Å². The summed E-state index contributed by atoms with van der Waals surface area (Å²) in [6.45, 7) is 1.66. The van der Waals surface area contributed by atoms with Crippen LogP contribution in [0.1, 0.15) is 69.8 Å². The van der Waals surface area contributed by atoms with Crippen molar-refractivity contribution in [3.05, 3.63) is 23.8 Å². The minimum atomic E-state index is 0.213. The number of benzene rings is 1. The van der Waals surface area contributed by atoms with Gasteiger partial charge in [-0.1, -0.05) is 51.4 Å². The lowest BCUT2D eigenvalue weighted by Gasteiger charge is -2.03. The van der Waals surface area contributed by atoms with Crippen LogP contribution in [-0.4, -0.2) is 31.5 Å². The molecule has 24 heavy (non-hydrogen) atoms. The monoisotopic (exact) mass is 334 g/mol. The van der Waals surface area contributed by atoms with E-state index in [1.165, 1.54) is 57.8 Å². The fourth-order valence-electron chi connectivity index (χ4n) is 2.68. The number of aliphatic imine (C=N–C) groups is 1. The van der Waals surface area contributed by atoms with Gasteiger partial charge in [0, 0.05) is 24.4 Å². The first-order chi connectivity index (χ1) is 11.8. The van der Waals surface area contributed by atoms with Crippen LogP contribution in [0, 0.1) is 0 Å². The van der Waals surface area contributed by atoms with E-state index in [0.717, 1.165) is 25.1 Å². The Kier molecular flexibility index (Phi) is 11.8. The van der Waals surface area contributed by atoms with Gasteiger partial charge in [0.2, 0.25) is 0 Å². The molecular weight excluding hydrogens is 300 g/mol. The third-order valence-corrected chi connectivity index (χ3v) is 4.21. The van der Waals surface area contributed by atoms with Gasteiger partial charge in [0.1, 0.15) is 11.5 Å². The molecule has 0 aliphatic carbocycles. The zero-order valence-corrected chi connectivity index (χ0v) is 15.2. The quantitative estimate of drug-likeness (QED) is 0.383. The first kappa shape index (κ1) is 20.5. The average Bonchev–Trinajstić information content (AvgIpc) is 2.60. The molecule has 0 atom stereocenters. The Morgan fingerprint density at radius 1 is 0.958 bits per heavy atom. The van der Waals surface area contributed by atoms with Crippen LogP contribution in [0.3, 0.4) is 0 Å². The highest BCUT2D eigenvalue weighted by Crippen LogP contribution is 2.21. The molecule has 0 unspecified atom stereocenters. The van der Waals surface area contributed by atoms with E-state index in [-0.39, 0.29) is 5.75 Å². The highest BCUT2D eigenvalue weighted by Gasteiger charge is 2.00. The standard InChI is InChI=1S/C20H34N2O2/c1-24-19-13-12-18(20(23)16-19)17-22-15-11-9-7-5-3-2-4-6-8-10-14-21/h12-13,16-17,23H,2-11,14-15,21H2,1H3. The Morgan fingerprint density at radius 3 is 2.08 bits per heavy atom. The van der Waals surface area contributed by atoms with E-state index in [9.17, 15) is 5.11 Å². The van der Waals surface area contributed by atoms with Crippen molar-refractivity contribution in [2.24, 2.45) is 10.7 Å². The molecule has 1 aromatic carbocycles. The summed E-state index contributed by atoms with van der Waals surface area (Å²) in [6.07, 6.45) is 14.6. The second kappa shape index (κ2) is 13.8. The van der Waals surface area contributed by atoms with Gasteiger partial charge in [-0.3, -0.25) is 4.99 Å². The number of methoxy groups -OCH3 is 1. The maximum atomic E-state index is 9.84. The summed E-state index contributed by atoms with van der Waals surface area (Å²) in [7, 11) is 1.59. The Labute approximate surface area is 147 Å². The van der Waals surface area contributed by atoms with Crippen molar-refractivity contribution in [3.8, 4) is 11.5 Å². The first-order valence-electron chi connectivity index (χ1n) is 9.35. The molecule has 0 radical (unpaired) electrons. The molecule has 1 rings (SSSR count). The fourth-order valence-corrected chi connectivity index (χ4v) is 2.68. The number of hydrogen-bond acceptors (Lipinski definition) is 4. The topological polar surface area (TPSA) is 67.8 Å². The SMILES string of the molecule is COc1ccc(C=NCCCCCCCCCCCCN)c(O)c1. The Bertz CT molecular complexity index is 461. The second-order valence-corrected chi connectivity index (χ2v) is 6.28. The average molecular weight is 335 g/mol. The van der Waals surface area contributed by atoms with Gasteiger partial charge in [0.05, 0.1) is 7.11 Å². The van der Waals surface area contributed by atoms with Crippen LogP contribution in [0.15, 0.2) is 23.2 Å². The maximum Gasteiger partial charge on any atom is 0.128 e. The van der Waals surface area contributed by atoms with Crippen molar-refractivity contribution in [1.82, 2.24) is 0 Å². The lowest BCUT2D eigenvalue weighted by Crippen LogP contribution is -1.97. The molecule has 0 saturated heterocycles. The molecule has 4 heteroatoms. The lowest BCUT2D eigenvalue weighted by atomic mass is 10.1. The normalized spacial score (nSPS) is 11.2. The molecule has 136 valence electrons. The summed E-state index contributed by atoms with van der Waals surface area (Å²) in [5.74, 6) is 0.869. The molecule has 0 fully saturated rings. The summed E-state index contributed by atoms with van der Waals surface area (Å²) in [5, 5.41) is 9.84.